The maximum Gasteiger partial charge on any atom is 0.253 e. The summed E-state index contributed by atoms with van der Waals surface area (Å²) in [5.41, 5.74) is 3.26. The van der Waals surface area contributed by atoms with E-state index < -0.39 is 16.1 Å². The second-order valence-corrected chi connectivity index (χ2v) is 10.9. The Kier molecular flexibility index (Phi) is 5.21. The van der Waals surface area contributed by atoms with Crippen LogP contribution in [0.1, 0.15) is 19.3 Å². The number of anilines is 1. The fraction of sp³-hybridized carbons (Fsp3) is 0.294. The van der Waals surface area contributed by atoms with Crippen molar-refractivity contribution in [3.63, 3.8) is 0 Å². The third-order valence-corrected chi connectivity index (χ3v) is 8.87. The molecule has 2 aromatic heterocycles. The van der Waals surface area contributed by atoms with Gasteiger partial charge in [0, 0.05) is 12.2 Å². The molecular formula is C17H16ClN3O3S3. The average molecular weight is 442 g/mol. The molecular weight excluding hydrogens is 426 g/mol. The first-order valence-corrected chi connectivity index (χ1v) is 11.9. The number of rotatable bonds is 4. The molecule has 0 saturated carbocycles. The lowest BCUT2D eigenvalue weighted by molar-refractivity contribution is -0.120. The van der Waals surface area contributed by atoms with Crippen LogP contribution in [0.2, 0.25) is 4.34 Å². The van der Waals surface area contributed by atoms with Crippen LogP contribution in [0.25, 0.3) is 10.2 Å². The molecule has 27 heavy (non-hydrogen) atoms. The van der Waals surface area contributed by atoms with Crippen LogP contribution < -0.4 is 5.32 Å². The molecule has 1 aliphatic heterocycles. The van der Waals surface area contributed by atoms with E-state index in [1.54, 1.807) is 17.6 Å². The summed E-state index contributed by atoms with van der Waals surface area (Å²) in [5.74, 6) is -0.315. The van der Waals surface area contributed by atoms with E-state index in [1.165, 1.54) is 21.7 Å². The highest BCUT2D eigenvalue weighted by molar-refractivity contribution is 7.91. The SMILES string of the molecule is O=C(Nc1ccc2ncsc2c1)C1CCCCN1S(=O)(=O)c1ccc(Cl)s1. The van der Waals surface area contributed by atoms with E-state index in [4.69, 9.17) is 11.6 Å². The fourth-order valence-corrected chi connectivity index (χ4v) is 7.15. The molecule has 0 bridgehead atoms. The highest BCUT2D eigenvalue weighted by atomic mass is 35.5. The summed E-state index contributed by atoms with van der Waals surface area (Å²) in [7, 11) is -3.75. The molecule has 1 amide bonds. The van der Waals surface area contributed by atoms with Gasteiger partial charge in [0.1, 0.15) is 10.3 Å². The zero-order chi connectivity index (χ0) is 19.0. The Balaban J connectivity index is 1.58. The molecule has 1 unspecified atom stereocenters. The number of aromatic nitrogens is 1. The van der Waals surface area contributed by atoms with Crippen molar-refractivity contribution in [2.75, 3.05) is 11.9 Å². The van der Waals surface area contributed by atoms with Gasteiger partial charge in [-0.3, -0.25) is 4.79 Å². The van der Waals surface area contributed by atoms with Crippen LogP contribution >= 0.6 is 34.3 Å². The van der Waals surface area contributed by atoms with Crippen molar-refractivity contribution in [1.82, 2.24) is 9.29 Å². The molecule has 1 atom stereocenters. The van der Waals surface area contributed by atoms with E-state index in [2.05, 4.69) is 10.3 Å². The van der Waals surface area contributed by atoms with Crippen LogP contribution in [0.5, 0.6) is 0 Å². The minimum Gasteiger partial charge on any atom is -0.325 e. The zero-order valence-corrected chi connectivity index (χ0v) is 17.3. The summed E-state index contributed by atoms with van der Waals surface area (Å²) in [6.07, 6.45) is 2.03. The lowest BCUT2D eigenvalue weighted by atomic mass is 10.0. The highest BCUT2D eigenvalue weighted by Gasteiger charge is 2.38. The van der Waals surface area contributed by atoms with Crippen molar-refractivity contribution in [1.29, 1.82) is 0 Å². The van der Waals surface area contributed by atoms with Crippen LogP contribution in [-0.2, 0) is 14.8 Å². The Labute approximate surface area is 169 Å². The van der Waals surface area contributed by atoms with Crippen LogP contribution in [-0.4, -0.2) is 36.2 Å². The molecule has 10 heteroatoms. The van der Waals surface area contributed by atoms with Gasteiger partial charge in [-0.25, -0.2) is 13.4 Å². The second-order valence-electron chi connectivity index (χ2n) is 6.21. The number of piperidine rings is 1. The Morgan fingerprint density at radius 3 is 2.89 bits per heavy atom. The van der Waals surface area contributed by atoms with Gasteiger partial charge in [-0.15, -0.1) is 22.7 Å². The molecule has 1 fully saturated rings. The van der Waals surface area contributed by atoms with Gasteiger partial charge in [0.15, 0.2) is 0 Å². The van der Waals surface area contributed by atoms with Crippen molar-refractivity contribution in [2.24, 2.45) is 0 Å². The van der Waals surface area contributed by atoms with Gasteiger partial charge in [0.05, 0.1) is 20.1 Å². The van der Waals surface area contributed by atoms with E-state index in [1.807, 2.05) is 12.1 Å². The summed E-state index contributed by atoms with van der Waals surface area (Å²) >= 11 is 8.40. The summed E-state index contributed by atoms with van der Waals surface area (Å²) < 4.78 is 28.8. The van der Waals surface area contributed by atoms with Gasteiger partial charge in [0.25, 0.3) is 10.0 Å². The molecule has 6 nitrogen and oxygen atoms in total. The van der Waals surface area contributed by atoms with Crippen molar-refractivity contribution < 1.29 is 13.2 Å². The zero-order valence-electron chi connectivity index (χ0n) is 14.1. The molecule has 0 spiro atoms. The van der Waals surface area contributed by atoms with E-state index in [9.17, 15) is 13.2 Å². The lowest BCUT2D eigenvalue weighted by Crippen LogP contribution is -2.49. The quantitative estimate of drug-likeness (QED) is 0.658. The Bertz CT molecular complexity index is 1090. The predicted octanol–water partition coefficient (Wildman–Crippen LogP) is 4.19. The van der Waals surface area contributed by atoms with Crippen LogP contribution in [0.4, 0.5) is 5.69 Å². The number of halogens is 1. The number of nitrogens with zero attached hydrogens (tertiary/aromatic N) is 2. The number of carbonyl (C=O) groups is 1. The summed E-state index contributed by atoms with van der Waals surface area (Å²) in [6.45, 7) is 0.323. The normalized spacial score (nSPS) is 18.6. The van der Waals surface area contributed by atoms with Gasteiger partial charge in [0.2, 0.25) is 5.91 Å². The number of hydrogen-bond donors (Lipinski definition) is 1. The van der Waals surface area contributed by atoms with Gasteiger partial charge < -0.3 is 5.32 Å². The Morgan fingerprint density at radius 1 is 1.26 bits per heavy atom. The van der Waals surface area contributed by atoms with Crippen molar-refractivity contribution >= 4 is 66.1 Å². The number of thiophene rings is 1. The van der Waals surface area contributed by atoms with E-state index in [0.717, 1.165) is 34.4 Å². The third kappa shape index (κ3) is 3.74. The number of carbonyl (C=O) groups excluding carboxylic acids is 1. The number of benzene rings is 1. The molecule has 1 aliphatic rings. The lowest BCUT2D eigenvalue weighted by Gasteiger charge is -2.33. The monoisotopic (exact) mass is 441 g/mol. The van der Waals surface area contributed by atoms with Gasteiger partial charge in [-0.05, 0) is 43.2 Å². The number of amides is 1. The third-order valence-electron chi connectivity index (χ3n) is 4.47. The summed E-state index contributed by atoms with van der Waals surface area (Å²) in [6, 6.07) is 7.78. The minimum atomic E-state index is -3.75. The van der Waals surface area contributed by atoms with Crippen LogP contribution in [0.3, 0.4) is 0 Å². The maximum absolute atomic E-state index is 13.0. The minimum absolute atomic E-state index is 0.165. The Hall–Kier alpha value is -1.52. The predicted molar refractivity (Wildman–Crippen MR) is 109 cm³/mol. The van der Waals surface area contributed by atoms with Gasteiger partial charge in [-0.2, -0.15) is 4.31 Å². The van der Waals surface area contributed by atoms with Crippen molar-refractivity contribution in [2.45, 2.75) is 29.5 Å². The highest BCUT2D eigenvalue weighted by Crippen LogP contribution is 2.32. The Morgan fingerprint density at radius 2 is 2.11 bits per heavy atom. The maximum atomic E-state index is 13.0. The molecule has 3 heterocycles. The van der Waals surface area contributed by atoms with E-state index in [-0.39, 0.29) is 10.1 Å². The first-order chi connectivity index (χ1) is 12.9. The number of nitrogens with one attached hydrogen (secondary N) is 1. The first kappa shape index (κ1) is 18.8. The average Bonchev–Trinajstić information content (AvgIpc) is 3.30. The van der Waals surface area contributed by atoms with E-state index >= 15 is 0 Å². The van der Waals surface area contributed by atoms with E-state index in [0.29, 0.717) is 23.0 Å². The molecule has 3 aromatic rings. The number of thiazole rings is 1. The first-order valence-electron chi connectivity index (χ1n) is 8.36. The second kappa shape index (κ2) is 7.48. The molecule has 142 valence electrons. The number of sulfonamides is 1. The van der Waals surface area contributed by atoms with Crippen molar-refractivity contribution in [3.05, 3.63) is 40.2 Å². The van der Waals surface area contributed by atoms with Gasteiger partial charge in [-0.1, -0.05) is 18.0 Å². The van der Waals surface area contributed by atoms with Gasteiger partial charge >= 0.3 is 0 Å². The van der Waals surface area contributed by atoms with Crippen LogP contribution in [0.15, 0.2) is 40.1 Å². The summed E-state index contributed by atoms with van der Waals surface area (Å²) in [5, 5.41) is 2.86. The topological polar surface area (TPSA) is 79.4 Å². The molecule has 0 aliphatic carbocycles. The number of fused-ring (bicyclic) bond motifs is 1. The standard InChI is InChI=1S/C17H16ClN3O3S3/c18-15-6-7-16(26-15)27(23,24)21-8-2-1-3-13(21)17(22)20-11-4-5-12-14(9-11)25-10-19-12/h4-7,9-10,13H,1-3,8H2,(H,20,22). The molecule has 4 rings (SSSR count). The fourth-order valence-electron chi connectivity index (χ4n) is 3.17. The molecule has 1 N–H and O–H groups in total. The molecule has 0 radical (unpaired) electrons. The smallest absolute Gasteiger partial charge is 0.253 e. The summed E-state index contributed by atoms with van der Waals surface area (Å²) in [4.78, 5) is 17.1. The molecule has 1 saturated heterocycles. The molecule has 1 aromatic carbocycles. The van der Waals surface area contributed by atoms with Crippen LogP contribution in [0, 0.1) is 0 Å². The largest absolute Gasteiger partial charge is 0.325 e. The van der Waals surface area contributed by atoms with Crippen molar-refractivity contribution in [3.8, 4) is 0 Å². The number of hydrogen-bond acceptors (Lipinski definition) is 6.